The fourth-order valence-electron chi connectivity index (χ4n) is 4.41. The van der Waals surface area contributed by atoms with Crippen LogP contribution in [-0.4, -0.2) is 47.9 Å². The van der Waals surface area contributed by atoms with E-state index in [0.29, 0.717) is 25.2 Å². The average molecular weight is 439 g/mol. The van der Waals surface area contributed by atoms with Gasteiger partial charge in [0.25, 0.3) is 5.91 Å². The summed E-state index contributed by atoms with van der Waals surface area (Å²) in [5, 5.41) is 3.07. The highest BCUT2D eigenvalue weighted by Crippen LogP contribution is 2.38. The molecule has 2 aliphatic heterocycles. The van der Waals surface area contributed by atoms with Crippen LogP contribution in [0.4, 0.5) is 4.79 Å². The summed E-state index contributed by atoms with van der Waals surface area (Å²) in [7, 11) is 0. The standard InChI is InChI=1S/C25H30N2O3S/c1-5-31-19-8-6-7-16(11-19)17-9-10-20-21(12-17)23(28)26-13-18-14-27(15-22(18)20)24(29)30-25(2,3)4/h6-12,18,22H,5,13-15H2,1-4H3,(H,26,28)/t18-,22-/m1/s1. The van der Waals surface area contributed by atoms with Crippen molar-refractivity contribution in [1.29, 1.82) is 0 Å². The molecule has 2 aromatic carbocycles. The van der Waals surface area contributed by atoms with Gasteiger partial charge >= 0.3 is 6.09 Å². The van der Waals surface area contributed by atoms with E-state index in [1.54, 1.807) is 4.90 Å². The van der Waals surface area contributed by atoms with Crippen molar-refractivity contribution in [3.63, 3.8) is 0 Å². The van der Waals surface area contributed by atoms with Crippen molar-refractivity contribution in [1.82, 2.24) is 10.2 Å². The van der Waals surface area contributed by atoms with Crippen LogP contribution in [0.1, 0.15) is 49.5 Å². The van der Waals surface area contributed by atoms with Gasteiger partial charge in [0.2, 0.25) is 0 Å². The molecule has 2 aliphatic rings. The zero-order chi connectivity index (χ0) is 22.2. The van der Waals surface area contributed by atoms with Crippen LogP contribution >= 0.6 is 11.8 Å². The van der Waals surface area contributed by atoms with Gasteiger partial charge in [-0.05, 0) is 61.4 Å². The highest BCUT2D eigenvalue weighted by Gasteiger charge is 2.41. The predicted molar refractivity (Wildman–Crippen MR) is 125 cm³/mol. The Hall–Kier alpha value is -2.47. The first-order valence-electron chi connectivity index (χ1n) is 10.9. The normalized spacial score (nSPS) is 20.5. The molecule has 0 saturated carbocycles. The number of rotatable bonds is 3. The van der Waals surface area contributed by atoms with Crippen molar-refractivity contribution in [2.75, 3.05) is 25.4 Å². The first kappa shape index (κ1) is 21.8. The van der Waals surface area contributed by atoms with Gasteiger partial charge in [-0.1, -0.05) is 31.2 Å². The molecule has 0 bridgehead atoms. The summed E-state index contributed by atoms with van der Waals surface area (Å²) in [6.07, 6.45) is -0.282. The summed E-state index contributed by atoms with van der Waals surface area (Å²) in [5.41, 5.74) is 3.36. The molecule has 2 amide bonds. The molecule has 5 nitrogen and oxygen atoms in total. The van der Waals surface area contributed by atoms with E-state index < -0.39 is 5.60 Å². The Morgan fingerprint density at radius 3 is 2.68 bits per heavy atom. The number of fused-ring (bicyclic) bond motifs is 3. The van der Waals surface area contributed by atoms with Crippen LogP contribution in [0.2, 0.25) is 0 Å². The van der Waals surface area contributed by atoms with Crippen LogP contribution < -0.4 is 5.32 Å². The van der Waals surface area contributed by atoms with E-state index in [1.807, 2.05) is 38.6 Å². The summed E-state index contributed by atoms with van der Waals surface area (Å²) in [6.45, 7) is 9.51. The third-order valence-corrected chi connectivity index (χ3v) is 6.67. The van der Waals surface area contributed by atoms with Gasteiger partial charge in [0.15, 0.2) is 0 Å². The lowest BCUT2D eigenvalue weighted by atomic mass is 9.86. The summed E-state index contributed by atoms with van der Waals surface area (Å²) in [6, 6.07) is 14.6. The van der Waals surface area contributed by atoms with Gasteiger partial charge < -0.3 is 15.0 Å². The lowest BCUT2D eigenvalue weighted by Gasteiger charge is -2.24. The Balaban J connectivity index is 1.63. The molecule has 2 atom stereocenters. The van der Waals surface area contributed by atoms with Crippen LogP contribution in [-0.2, 0) is 4.74 Å². The molecule has 4 rings (SSSR count). The van der Waals surface area contributed by atoms with E-state index in [0.717, 1.165) is 22.4 Å². The van der Waals surface area contributed by atoms with Gasteiger partial charge in [-0.3, -0.25) is 4.79 Å². The van der Waals surface area contributed by atoms with Gasteiger partial charge in [-0.2, -0.15) is 0 Å². The third-order valence-electron chi connectivity index (χ3n) is 5.79. The Bertz CT molecular complexity index is 999. The van der Waals surface area contributed by atoms with Gasteiger partial charge in [0.1, 0.15) is 5.60 Å². The highest BCUT2D eigenvalue weighted by atomic mass is 32.2. The van der Waals surface area contributed by atoms with E-state index >= 15 is 0 Å². The number of ether oxygens (including phenoxy) is 1. The maximum Gasteiger partial charge on any atom is 0.410 e. The quantitative estimate of drug-likeness (QED) is 0.673. The second-order valence-electron chi connectivity index (χ2n) is 9.22. The van der Waals surface area contributed by atoms with E-state index in [9.17, 15) is 9.59 Å². The zero-order valence-corrected chi connectivity index (χ0v) is 19.4. The maximum atomic E-state index is 12.9. The number of amides is 2. The second kappa shape index (κ2) is 8.58. The molecule has 2 aromatic rings. The summed E-state index contributed by atoms with van der Waals surface area (Å²) >= 11 is 1.81. The monoisotopic (exact) mass is 438 g/mol. The summed E-state index contributed by atoms with van der Waals surface area (Å²) in [5.74, 6) is 1.30. The molecule has 0 radical (unpaired) electrons. The lowest BCUT2D eigenvalue weighted by molar-refractivity contribution is 0.0287. The number of likely N-dealkylation sites (tertiary alicyclic amines) is 1. The van der Waals surface area contributed by atoms with Gasteiger partial charge in [-0.25, -0.2) is 4.79 Å². The number of hydrogen-bond donors (Lipinski definition) is 1. The summed E-state index contributed by atoms with van der Waals surface area (Å²) < 4.78 is 5.57. The molecule has 1 saturated heterocycles. The number of benzene rings is 2. The molecule has 164 valence electrons. The number of thioether (sulfide) groups is 1. The van der Waals surface area contributed by atoms with E-state index in [1.165, 1.54) is 4.90 Å². The summed E-state index contributed by atoms with van der Waals surface area (Å²) in [4.78, 5) is 28.5. The Kier molecular flexibility index (Phi) is 6.02. The molecule has 0 unspecified atom stereocenters. The number of carbonyl (C=O) groups is 2. The van der Waals surface area contributed by atoms with Crippen LogP contribution in [0.3, 0.4) is 0 Å². The molecule has 0 aromatic heterocycles. The zero-order valence-electron chi connectivity index (χ0n) is 18.6. The van der Waals surface area contributed by atoms with E-state index in [2.05, 4.69) is 48.6 Å². The van der Waals surface area contributed by atoms with Crippen molar-refractivity contribution in [3.8, 4) is 11.1 Å². The second-order valence-corrected chi connectivity index (χ2v) is 10.6. The molecule has 1 N–H and O–H groups in total. The minimum Gasteiger partial charge on any atom is -0.444 e. The molecular formula is C25H30N2O3S. The van der Waals surface area contributed by atoms with Crippen molar-refractivity contribution in [2.45, 2.75) is 44.1 Å². The van der Waals surface area contributed by atoms with Gasteiger partial charge in [0.05, 0.1) is 0 Å². The number of nitrogens with zero attached hydrogens (tertiary/aromatic N) is 1. The largest absolute Gasteiger partial charge is 0.444 e. The lowest BCUT2D eigenvalue weighted by Crippen LogP contribution is -2.36. The first-order chi connectivity index (χ1) is 14.7. The highest BCUT2D eigenvalue weighted by molar-refractivity contribution is 7.99. The van der Waals surface area contributed by atoms with Crippen LogP contribution in [0.5, 0.6) is 0 Å². The molecule has 0 aliphatic carbocycles. The molecule has 2 heterocycles. The molecule has 1 fully saturated rings. The average Bonchev–Trinajstić information content (AvgIpc) is 3.10. The third kappa shape index (κ3) is 4.74. The van der Waals surface area contributed by atoms with Crippen LogP contribution in [0.15, 0.2) is 47.4 Å². The number of carbonyl (C=O) groups excluding carboxylic acids is 2. The Morgan fingerprint density at radius 1 is 1.16 bits per heavy atom. The SMILES string of the molecule is CCSc1cccc(-c2ccc3c(c2)C(=O)NC[C@@H]2CN(C(=O)OC(C)(C)C)C[C@@H]32)c1. The van der Waals surface area contributed by atoms with Crippen molar-refractivity contribution in [3.05, 3.63) is 53.6 Å². The topological polar surface area (TPSA) is 58.6 Å². The fourth-order valence-corrected chi connectivity index (χ4v) is 5.13. The van der Waals surface area contributed by atoms with Crippen molar-refractivity contribution < 1.29 is 14.3 Å². The number of nitrogens with one attached hydrogen (secondary N) is 1. The number of hydrogen-bond acceptors (Lipinski definition) is 4. The van der Waals surface area contributed by atoms with Crippen LogP contribution in [0, 0.1) is 5.92 Å². The van der Waals surface area contributed by atoms with Crippen molar-refractivity contribution in [2.24, 2.45) is 5.92 Å². The van der Waals surface area contributed by atoms with Gasteiger partial charge in [0, 0.05) is 41.9 Å². The molecule has 0 spiro atoms. The fraction of sp³-hybridized carbons (Fsp3) is 0.440. The smallest absolute Gasteiger partial charge is 0.410 e. The maximum absolute atomic E-state index is 12.9. The predicted octanol–water partition coefficient (Wildman–Crippen LogP) is 5.16. The first-order valence-corrected chi connectivity index (χ1v) is 11.9. The molecule has 6 heteroatoms. The van der Waals surface area contributed by atoms with E-state index in [4.69, 9.17) is 4.74 Å². The van der Waals surface area contributed by atoms with Gasteiger partial charge in [-0.15, -0.1) is 11.8 Å². The molecular weight excluding hydrogens is 408 g/mol. The minimum atomic E-state index is -0.520. The Morgan fingerprint density at radius 2 is 1.94 bits per heavy atom. The molecule has 31 heavy (non-hydrogen) atoms. The van der Waals surface area contributed by atoms with Crippen molar-refractivity contribution >= 4 is 23.8 Å². The van der Waals surface area contributed by atoms with E-state index in [-0.39, 0.29) is 23.8 Å². The Labute approximate surface area is 188 Å². The van der Waals surface area contributed by atoms with Crippen LogP contribution in [0.25, 0.3) is 11.1 Å². The minimum absolute atomic E-state index is 0.0332.